The number of pyridine rings is 2. The molecule has 2 nitrogen and oxygen atoms in total. The molecule has 0 aliphatic carbocycles. The monoisotopic (exact) mass is 634 g/mol. The summed E-state index contributed by atoms with van der Waals surface area (Å²) < 4.78 is 0. The number of rotatable bonds is 4. The van der Waals surface area contributed by atoms with Gasteiger partial charge in [0, 0.05) is 33.5 Å². The van der Waals surface area contributed by atoms with Crippen LogP contribution in [0.4, 0.5) is 0 Å². The zero-order valence-electron chi connectivity index (χ0n) is 27.2. The highest BCUT2D eigenvalue weighted by Gasteiger charge is 2.18. The Kier molecular flexibility index (Phi) is 6.53. The molecule has 2 heterocycles. The van der Waals surface area contributed by atoms with E-state index >= 15 is 0 Å². The molecule has 2 heteroatoms. The van der Waals surface area contributed by atoms with Crippen molar-refractivity contribution in [3.8, 4) is 44.6 Å². The minimum absolute atomic E-state index is 0.967. The molecule has 0 radical (unpaired) electrons. The van der Waals surface area contributed by atoms with E-state index in [1.165, 1.54) is 38.1 Å². The van der Waals surface area contributed by atoms with Gasteiger partial charge in [-0.1, -0.05) is 158 Å². The highest BCUT2D eigenvalue weighted by atomic mass is 14.7. The summed E-state index contributed by atoms with van der Waals surface area (Å²) in [4.78, 5) is 10.2. The molecular formula is C48H30N2. The average Bonchev–Trinajstić information content (AvgIpc) is 3.19. The zero-order valence-corrected chi connectivity index (χ0v) is 27.2. The van der Waals surface area contributed by atoms with E-state index < -0.39 is 0 Å². The summed E-state index contributed by atoms with van der Waals surface area (Å²) in [6, 6.07) is 63.3. The number of hydrogen-bond acceptors (Lipinski definition) is 2. The second-order valence-electron chi connectivity index (χ2n) is 12.9. The predicted octanol–water partition coefficient (Wildman–Crippen LogP) is 12.9. The van der Waals surface area contributed by atoms with Crippen LogP contribution in [0, 0.1) is 0 Å². The summed E-state index contributed by atoms with van der Waals surface area (Å²) in [5.41, 5.74) is 11.1. The van der Waals surface area contributed by atoms with Gasteiger partial charge in [0.2, 0.25) is 0 Å². The number of hydrogen-bond donors (Lipinski definition) is 0. The van der Waals surface area contributed by atoms with Gasteiger partial charge in [0.15, 0.2) is 0 Å². The van der Waals surface area contributed by atoms with E-state index in [9.17, 15) is 0 Å². The van der Waals surface area contributed by atoms with Crippen molar-refractivity contribution in [1.29, 1.82) is 0 Å². The number of aromatic nitrogens is 2. The molecule has 10 aromatic rings. The van der Waals surface area contributed by atoms with Gasteiger partial charge >= 0.3 is 0 Å². The van der Waals surface area contributed by atoms with E-state index in [2.05, 4.69) is 170 Å². The number of nitrogens with zero attached hydrogens (tertiary/aromatic N) is 2. The maximum absolute atomic E-state index is 5.50. The molecule has 0 unspecified atom stereocenters. The Bertz CT molecular complexity index is 2910. The fraction of sp³-hybridized carbons (Fsp3) is 0. The zero-order chi connectivity index (χ0) is 33.0. The van der Waals surface area contributed by atoms with Gasteiger partial charge in [-0.2, -0.15) is 0 Å². The first-order chi connectivity index (χ1) is 24.8. The molecule has 2 aromatic heterocycles. The van der Waals surface area contributed by atoms with Crippen molar-refractivity contribution in [2.45, 2.75) is 0 Å². The third-order valence-corrected chi connectivity index (χ3v) is 10.1. The standard InChI is InChI=1S/C48H30N2/c1-3-17-36-31(11-1)13-7-22-39(36)44-29-45-43(34-26-24-33(25-27-34)38-21-9-15-35-16-10-28-49-47(35)38)30-46(50-48(45)42-20-6-5-19-40(42)44)41-23-8-14-32-12-2-4-18-37(32)41/h1-30H. The molecule has 50 heavy (non-hydrogen) atoms. The summed E-state index contributed by atoms with van der Waals surface area (Å²) in [7, 11) is 0. The van der Waals surface area contributed by atoms with Crippen molar-refractivity contribution in [2.24, 2.45) is 0 Å². The molecule has 0 fully saturated rings. The Morgan fingerprint density at radius 1 is 0.300 bits per heavy atom. The lowest BCUT2D eigenvalue weighted by Gasteiger charge is -2.17. The van der Waals surface area contributed by atoms with Crippen molar-refractivity contribution < 1.29 is 0 Å². The van der Waals surface area contributed by atoms with Crippen molar-refractivity contribution in [3.05, 3.63) is 182 Å². The number of benzene rings is 8. The second kappa shape index (κ2) is 11.5. The van der Waals surface area contributed by atoms with Gasteiger partial charge in [-0.05, 0) is 72.9 Å². The van der Waals surface area contributed by atoms with Crippen LogP contribution in [0.15, 0.2) is 182 Å². The number of para-hydroxylation sites is 1. The molecule has 10 rings (SSSR count). The molecule has 8 aromatic carbocycles. The lowest BCUT2D eigenvalue weighted by atomic mass is 9.88. The van der Waals surface area contributed by atoms with Gasteiger partial charge in [-0.3, -0.25) is 4.98 Å². The van der Waals surface area contributed by atoms with Gasteiger partial charge in [-0.15, -0.1) is 0 Å². The smallest absolute Gasteiger partial charge is 0.0794 e. The molecule has 0 saturated carbocycles. The molecule has 232 valence electrons. The summed E-state index contributed by atoms with van der Waals surface area (Å²) in [5.74, 6) is 0. The average molecular weight is 635 g/mol. The van der Waals surface area contributed by atoms with Crippen molar-refractivity contribution in [1.82, 2.24) is 9.97 Å². The van der Waals surface area contributed by atoms with E-state index in [1.807, 2.05) is 12.3 Å². The molecule has 0 saturated heterocycles. The van der Waals surface area contributed by atoms with E-state index in [4.69, 9.17) is 9.97 Å². The molecule has 0 amide bonds. The van der Waals surface area contributed by atoms with Gasteiger partial charge < -0.3 is 0 Å². The Labute approximate surface area is 290 Å². The quantitative estimate of drug-likeness (QED) is 0.180. The highest BCUT2D eigenvalue weighted by molar-refractivity contribution is 6.18. The van der Waals surface area contributed by atoms with Gasteiger partial charge in [0.1, 0.15) is 0 Å². The van der Waals surface area contributed by atoms with E-state index in [0.717, 1.165) is 60.7 Å². The maximum atomic E-state index is 5.50. The Hall–Kier alpha value is -6.64. The first-order valence-corrected chi connectivity index (χ1v) is 17.1. The van der Waals surface area contributed by atoms with Crippen LogP contribution in [-0.4, -0.2) is 9.97 Å². The van der Waals surface area contributed by atoms with Gasteiger partial charge in [0.05, 0.1) is 16.7 Å². The van der Waals surface area contributed by atoms with Crippen LogP contribution in [0.25, 0.3) is 98.8 Å². The van der Waals surface area contributed by atoms with Crippen LogP contribution in [-0.2, 0) is 0 Å². The van der Waals surface area contributed by atoms with Crippen molar-refractivity contribution in [3.63, 3.8) is 0 Å². The highest BCUT2D eigenvalue weighted by Crippen LogP contribution is 2.43. The molecule has 0 aliphatic heterocycles. The second-order valence-corrected chi connectivity index (χ2v) is 12.9. The van der Waals surface area contributed by atoms with Crippen LogP contribution in [0.1, 0.15) is 0 Å². The fourth-order valence-electron chi connectivity index (χ4n) is 7.73. The summed E-state index contributed by atoms with van der Waals surface area (Å²) in [5, 5.41) is 9.50. The third-order valence-electron chi connectivity index (χ3n) is 10.1. The number of fused-ring (bicyclic) bond motifs is 6. The van der Waals surface area contributed by atoms with E-state index in [-0.39, 0.29) is 0 Å². The summed E-state index contributed by atoms with van der Waals surface area (Å²) in [6.45, 7) is 0. The maximum Gasteiger partial charge on any atom is 0.0794 e. The van der Waals surface area contributed by atoms with E-state index in [1.54, 1.807) is 0 Å². The molecule has 0 aliphatic rings. The topological polar surface area (TPSA) is 25.8 Å². The summed E-state index contributed by atoms with van der Waals surface area (Å²) >= 11 is 0. The third kappa shape index (κ3) is 4.57. The first-order valence-electron chi connectivity index (χ1n) is 17.1. The molecule has 0 spiro atoms. The largest absolute Gasteiger partial charge is 0.256 e. The molecule has 0 atom stereocenters. The Morgan fingerprint density at radius 3 is 1.58 bits per heavy atom. The Morgan fingerprint density at radius 2 is 0.840 bits per heavy atom. The van der Waals surface area contributed by atoms with Crippen molar-refractivity contribution >= 4 is 54.1 Å². The lowest BCUT2D eigenvalue weighted by molar-refractivity contribution is 1.41. The lowest BCUT2D eigenvalue weighted by Crippen LogP contribution is -1.94. The molecular weight excluding hydrogens is 605 g/mol. The SMILES string of the molecule is c1ccc2c(-c3cc(-c4ccc(-c5cccc6cccnc56)cc4)c4cc(-c5cccc6ccccc56)c5ccccc5c4n3)cccc2c1. The van der Waals surface area contributed by atoms with Crippen LogP contribution >= 0.6 is 0 Å². The first kappa shape index (κ1) is 28.4. The minimum atomic E-state index is 0.967. The van der Waals surface area contributed by atoms with Crippen LogP contribution in [0.5, 0.6) is 0 Å². The summed E-state index contributed by atoms with van der Waals surface area (Å²) in [6.07, 6.45) is 1.87. The van der Waals surface area contributed by atoms with Crippen LogP contribution in [0.2, 0.25) is 0 Å². The molecule has 0 bridgehead atoms. The van der Waals surface area contributed by atoms with E-state index in [0.29, 0.717) is 0 Å². The predicted molar refractivity (Wildman–Crippen MR) is 211 cm³/mol. The minimum Gasteiger partial charge on any atom is -0.256 e. The van der Waals surface area contributed by atoms with Crippen LogP contribution in [0.3, 0.4) is 0 Å². The van der Waals surface area contributed by atoms with Gasteiger partial charge in [0.25, 0.3) is 0 Å². The van der Waals surface area contributed by atoms with Crippen LogP contribution < -0.4 is 0 Å². The fourth-order valence-corrected chi connectivity index (χ4v) is 7.73. The Balaban J connectivity index is 1.27. The molecule has 0 N–H and O–H groups in total. The van der Waals surface area contributed by atoms with Crippen molar-refractivity contribution in [2.75, 3.05) is 0 Å². The van der Waals surface area contributed by atoms with Gasteiger partial charge in [-0.25, -0.2) is 4.98 Å². The normalized spacial score (nSPS) is 11.6.